The second kappa shape index (κ2) is 12.7. The van der Waals surface area contributed by atoms with E-state index in [1.165, 1.54) is 37.8 Å². The number of hydrogen-bond acceptors (Lipinski definition) is 4. The Kier molecular flexibility index (Phi) is 6.95. The molecule has 0 atom stereocenters. The van der Waals surface area contributed by atoms with Crippen molar-refractivity contribution in [2.45, 2.75) is 0 Å². The van der Waals surface area contributed by atoms with Gasteiger partial charge in [-0.1, -0.05) is 158 Å². The molecule has 0 amide bonds. The van der Waals surface area contributed by atoms with E-state index in [1.54, 1.807) is 0 Å². The van der Waals surface area contributed by atoms with Gasteiger partial charge in [-0.2, -0.15) is 0 Å². The molecule has 3 aromatic heterocycles. The summed E-state index contributed by atoms with van der Waals surface area (Å²) in [5, 5.41) is 13.7. The Morgan fingerprint density at radius 2 is 0.983 bits per heavy atom. The van der Waals surface area contributed by atoms with Crippen molar-refractivity contribution in [3.8, 4) is 39.9 Å². The van der Waals surface area contributed by atoms with Gasteiger partial charge in [-0.25, -0.2) is 15.0 Å². The first-order chi connectivity index (χ1) is 29.7. The first-order valence-corrected chi connectivity index (χ1v) is 20.3. The maximum atomic E-state index is 6.80. The molecule has 0 aliphatic rings. The molecule has 278 valence electrons. The third kappa shape index (κ3) is 4.90. The average Bonchev–Trinajstić information content (AvgIpc) is 3.85. The highest BCUT2D eigenvalue weighted by Gasteiger charge is 2.22. The first kappa shape index (κ1) is 32.9. The van der Waals surface area contributed by atoms with Crippen molar-refractivity contribution >= 4 is 86.8 Å². The summed E-state index contributed by atoms with van der Waals surface area (Å²) in [7, 11) is 0. The molecule has 0 saturated carbocycles. The van der Waals surface area contributed by atoms with Crippen molar-refractivity contribution in [1.29, 1.82) is 0 Å². The summed E-state index contributed by atoms with van der Waals surface area (Å²) in [6, 6.07) is 68.7. The van der Waals surface area contributed by atoms with Crippen LogP contribution in [0.25, 0.3) is 127 Å². The maximum absolute atomic E-state index is 6.80. The number of furan rings is 1. The van der Waals surface area contributed by atoms with Crippen molar-refractivity contribution in [3.63, 3.8) is 0 Å². The van der Waals surface area contributed by atoms with Crippen molar-refractivity contribution in [2.24, 2.45) is 0 Å². The van der Waals surface area contributed by atoms with Crippen LogP contribution >= 0.6 is 0 Å². The highest BCUT2D eigenvalue weighted by molar-refractivity contribution is 6.23. The molecule has 0 aliphatic heterocycles. The molecule has 3 heterocycles. The van der Waals surface area contributed by atoms with E-state index in [1.807, 2.05) is 30.3 Å². The Bertz CT molecular complexity index is 3890. The van der Waals surface area contributed by atoms with Crippen molar-refractivity contribution in [3.05, 3.63) is 194 Å². The minimum Gasteiger partial charge on any atom is -0.455 e. The van der Waals surface area contributed by atoms with Gasteiger partial charge in [0.1, 0.15) is 11.2 Å². The fourth-order valence-electron chi connectivity index (χ4n) is 9.38. The van der Waals surface area contributed by atoms with Gasteiger partial charge < -0.3 is 8.98 Å². The lowest BCUT2D eigenvalue weighted by Crippen LogP contribution is -2.00. The van der Waals surface area contributed by atoms with E-state index >= 15 is 0 Å². The van der Waals surface area contributed by atoms with Gasteiger partial charge in [-0.3, -0.25) is 0 Å². The minimum atomic E-state index is 0.602. The highest BCUT2D eigenvalue weighted by atomic mass is 16.3. The number of aromatic nitrogens is 4. The number of rotatable bonds is 4. The number of benzene rings is 10. The van der Waals surface area contributed by atoms with Crippen LogP contribution in [0.2, 0.25) is 0 Å². The third-order valence-corrected chi connectivity index (χ3v) is 12.2. The van der Waals surface area contributed by atoms with Crippen LogP contribution in [-0.2, 0) is 0 Å². The van der Waals surface area contributed by atoms with Crippen molar-refractivity contribution in [1.82, 2.24) is 19.5 Å². The van der Waals surface area contributed by atoms with Crippen LogP contribution in [0.4, 0.5) is 0 Å². The number of fused-ring (bicyclic) bond motifs is 12. The third-order valence-electron chi connectivity index (χ3n) is 12.2. The predicted octanol–water partition coefficient (Wildman–Crippen LogP) is 14.5. The van der Waals surface area contributed by atoms with Crippen LogP contribution in [0.5, 0.6) is 0 Å². The van der Waals surface area contributed by atoms with Crippen LogP contribution < -0.4 is 0 Å². The zero-order chi connectivity index (χ0) is 39.3. The molecular weight excluding hydrogens is 733 g/mol. The van der Waals surface area contributed by atoms with E-state index in [-0.39, 0.29) is 0 Å². The lowest BCUT2D eigenvalue weighted by Gasteiger charge is -2.14. The van der Waals surface area contributed by atoms with Gasteiger partial charge in [-0.15, -0.1) is 0 Å². The van der Waals surface area contributed by atoms with E-state index in [0.29, 0.717) is 17.5 Å². The van der Waals surface area contributed by atoms with Crippen molar-refractivity contribution < 1.29 is 4.42 Å². The summed E-state index contributed by atoms with van der Waals surface area (Å²) >= 11 is 0. The molecule has 13 rings (SSSR count). The lowest BCUT2D eigenvalue weighted by atomic mass is 10.0. The zero-order valence-corrected chi connectivity index (χ0v) is 32.2. The molecule has 0 radical (unpaired) electrons. The van der Waals surface area contributed by atoms with Gasteiger partial charge in [0, 0.05) is 54.4 Å². The quantitative estimate of drug-likeness (QED) is 0.179. The zero-order valence-electron chi connectivity index (χ0n) is 32.2. The topological polar surface area (TPSA) is 56.7 Å². The largest absolute Gasteiger partial charge is 0.455 e. The highest BCUT2D eigenvalue weighted by Crippen LogP contribution is 2.44. The lowest BCUT2D eigenvalue weighted by molar-refractivity contribution is 0.672. The van der Waals surface area contributed by atoms with Gasteiger partial charge in [0.25, 0.3) is 0 Å². The second-order valence-electron chi connectivity index (χ2n) is 15.6. The second-order valence-corrected chi connectivity index (χ2v) is 15.6. The Morgan fingerprint density at radius 1 is 0.350 bits per heavy atom. The van der Waals surface area contributed by atoms with Crippen LogP contribution in [-0.4, -0.2) is 19.5 Å². The Balaban J connectivity index is 1.10. The number of hydrogen-bond donors (Lipinski definition) is 0. The van der Waals surface area contributed by atoms with Crippen LogP contribution in [0, 0.1) is 0 Å². The predicted molar refractivity (Wildman–Crippen MR) is 248 cm³/mol. The molecule has 10 aromatic carbocycles. The summed E-state index contributed by atoms with van der Waals surface area (Å²) < 4.78 is 9.29. The normalized spacial score (nSPS) is 12.0. The van der Waals surface area contributed by atoms with Crippen molar-refractivity contribution in [2.75, 3.05) is 0 Å². The van der Waals surface area contributed by atoms with E-state index in [9.17, 15) is 0 Å². The van der Waals surface area contributed by atoms with Crippen LogP contribution in [0.1, 0.15) is 0 Å². The monoisotopic (exact) mass is 764 g/mol. The molecule has 13 aromatic rings. The summed E-state index contributed by atoms with van der Waals surface area (Å²) in [5.41, 5.74) is 7.90. The molecule has 0 bridgehead atoms. The fourth-order valence-corrected chi connectivity index (χ4v) is 9.38. The molecule has 0 unspecified atom stereocenters. The molecule has 0 saturated heterocycles. The van der Waals surface area contributed by atoms with Gasteiger partial charge in [0.05, 0.1) is 16.7 Å². The molecule has 0 aliphatic carbocycles. The SMILES string of the molecule is c1ccc(-c2nc(-c3ccc4oc5c6ccccc6c(-n6c7cc8ccccc8cc7c7ccc8ccccc8c76)cc5c4c3)nc(-c3cccc4ccccc34)n2)cc1. The van der Waals surface area contributed by atoms with E-state index in [4.69, 9.17) is 19.4 Å². The summed E-state index contributed by atoms with van der Waals surface area (Å²) in [6.07, 6.45) is 0. The Morgan fingerprint density at radius 3 is 1.80 bits per heavy atom. The van der Waals surface area contributed by atoms with E-state index in [0.717, 1.165) is 71.4 Å². The smallest absolute Gasteiger partial charge is 0.164 e. The van der Waals surface area contributed by atoms with Crippen LogP contribution in [0.15, 0.2) is 199 Å². The molecular formula is C55H32N4O. The fraction of sp³-hybridized carbons (Fsp3) is 0. The molecule has 0 N–H and O–H groups in total. The Hall–Kier alpha value is -8.15. The van der Waals surface area contributed by atoms with Gasteiger partial charge >= 0.3 is 0 Å². The van der Waals surface area contributed by atoms with E-state index < -0.39 is 0 Å². The van der Waals surface area contributed by atoms with E-state index in [2.05, 4.69) is 168 Å². The molecule has 0 spiro atoms. The Labute approximate surface area is 343 Å². The van der Waals surface area contributed by atoms with Gasteiger partial charge in [0.2, 0.25) is 0 Å². The molecule has 5 heteroatoms. The first-order valence-electron chi connectivity index (χ1n) is 20.3. The summed E-state index contributed by atoms with van der Waals surface area (Å²) in [5.74, 6) is 1.86. The average molecular weight is 765 g/mol. The summed E-state index contributed by atoms with van der Waals surface area (Å²) in [6.45, 7) is 0. The molecule has 60 heavy (non-hydrogen) atoms. The number of nitrogens with zero attached hydrogens (tertiary/aromatic N) is 4. The maximum Gasteiger partial charge on any atom is 0.164 e. The standard InChI is InChI=1S/C55H32N4O/c1-2-15-35(16-3-1)53-56-54(58-55(57-53)44-24-12-19-33-13-6-8-20-39(33)44)38-26-28-50-46(30-38)47-32-49(41-22-10-11-23-43(41)52(47)60-50)59-48-31-37-18-5-4-17-36(37)29-45(48)42-27-25-34-14-7-9-21-40(34)51(42)59/h1-32H. The molecule has 0 fully saturated rings. The van der Waals surface area contributed by atoms with Gasteiger partial charge in [0.15, 0.2) is 17.5 Å². The van der Waals surface area contributed by atoms with Gasteiger partial charge in [-0.05, 0) is 63.3 Å². The summed E-state index contributed by atoms with van der Waals surface area (Å²) in [4.78, 5) is 15.4. The minimum absolute atomic E-state index is 0.602. The molecule has 5 nitrogen and oxygen atoms in total. The van der Waals surface area contributed by atoms with Crippen LogP contribution in [0.3, 0.4) is 0 Å².